The van der Waals surface area contributed by atoms with E-state index in [-0.39, 0.29) is 55.9 Å². The van der Waals surface area contributed by atoms with Gasteiger partial charge in [-0.2, -0.15) is 0 Å². The molecule has 14 nitrogen and oxygen atoms in total. The zero-order valence-corrected chi connectivity index (χ0v) is 25.7. The first kappa shape index (κ1) is 34.0. The lowest BCUT2D eigenvalue weighted by molar-refractivity contribution is -0.139. The molecule has 1 aliphatic rings. The summed E-state index contributed by atoms with van der Waals surface area (Å²) in [5.74, 6) is 0.0383. The topological polar surface area (TPSA) is 191 Å². The molecule has 2 unspecified atom stereocenters. The van der Waals surface area contributed by atoms with E-state index in [9.17, 15) is 24.0 Å². The van der Waals surface area contributed by atoms with Gasteiger partial charge in [0, 0.05) is 31.4 Å². The van der Waals surface area contributed by atoms with E-state index >= 15 is 0 Å². The molecule has 0 radical (unpaired) electrons. The van der Waals surface area contributed by atoms with Crippen molar-refractivity contribution in [3.8, 4) is 17.1 Å². The summed E-state index contributed by atoms with van der Waals surface area (Å²) in [5, 5.41) is 24.1. The van der Waals surface area contributed by atoms with Crippen LogP contribution in [0.15, 0.2) is 24.3 Å². The Hall–Kier alpha value is -4.49. The number of nitrogens with one attached hydrogen (secondary N) is 3. The molecule has 1 saturated carbocycles. The van der Waals surface area contributed by atoms with E-state index in [4.69, 9.17) is 9.47 Å². The summed E-state index contributed by atoms with van der Waals surface area (Å²) in [6.45, 7) is 7.68. The number of aromatic nitrogens is 4. The molecule has 238 valence electrons. The second-order valence-corrected chi connectivity index (χ2v) is 11.6. The highest BCUT2D eigenvalue weighted by molar-refractivity contribution is 6.37. The van der Waals surface area contributed by atoms with Crippen molar-refractivity contribution in [3.63, 3.8) is 0 Å². The van der Waals surface area contributed by atoms with E-state index in [1.165, 1.54) is 0 Å². The van der Waals surface area contributed by atoms with Gasteiger partial charge in [-0.1, -0.05) is 0 Å². The third kappa shape index (κ3) is 12.0. The molecule has 1 fully saturated rings. The summed E-state index contributed by atoms with van der Waals surface area (Å²) >= 11 is 0. The summed E-state index contributed by atoms with van der Waals surface area (Å²) in [5.41, 5.74) is 0.00726. The van der Waals surface area contributed by atoms with Crippen molar-refractivity contribution in [2.45, 2.75) is 84.3 Å². The van der Waals surface area contributed by atoms with Gasteiger partial charge in [-0.15, -0.1) is 20.4 Å². The summed E-state index contributed by atoms with van der Waals surface area (Å²) in [6.07, 6.45) is 1.81. The van der Waals surface area contributed by atoms with Crippen LogP contribution in [-0.2, 0) is 23.9 Å². The second kappa shape index (κ2) is 16.4. The molecule has 3 rings (SSSR count). The van der Waals surface area contributed by atoms with Gasteiger partial charge in [-0.3, -0.25) is 19.2 Å². The first-order chi connectivity index (χ1) is 20.9. The molecule has 1 aliphatic carbocycles. The number of alkyl carbamates (subject to hydrolysis) is 1. The zero-order chi connectivity index (χ0) is 32.1. The molecule has 0 aliphatic heterocycles. The number of ketones is 2. The summed E-state index contributed by atoms with van der Waals surface area (Å²) in [7, 11) is 0. The highest BCUT2D eigenvalue weighted by Crippen LogP contribution is 2.22. The van der Waals surface area contributed by atoms with Crippen molar-refractivity contribution in [1.29, 1.82) is 0 Å². The molecule has 0 spiro atoms. The number of Topliss-reactive ketones (excluding diaryl/α,β-unsaturated/α-hetero) is 2. The Labute approximate surface area is 256 Å². The van der Waals surface area contributed by atoms with Crippen LogP contribution in [0.4, 0.5) is 4.79 Å². The minimum absolute atomic E-state index is 0.113. The van der Waals surface area contributed by atoms with Crippen molar-refractivity contribution in [1.82, 2.24) is 36.3 Å². The smallest absolute Gasteiger partial charge is 0.408 e. The number of nitrogens with zero attached hydrogens (tertiary/aromatic N) is 4. The predicted molar refractivity (Wildman–Crippen MR) is 158 cm³/mol. The van der Waals surface area contributed by atoms with Crippen molar-refractivity contribution < 1.29 is 33.4 Å². The molecule has 2 atom stereocenters. The van der Waals surface area contributed by atoms with Crippen LogP contribution in [0, 0.1) is 12.8 Å². The van der Waals surface area contributed by atoms with Gasteiger partial charge in [0.25, 0.3) is 0 Å². The van der Waals surface area contributed by atoms with Crippen molar-refractivity contribution >= 4 is 29.5 Å². The Bertz CT molecular complexity index is 1290. The lowest BCUT2D eigenvalue weighted by Crippen LogP contribution is -2.48. The number of carbonyl (C=O) groups is 5. The number of ether oxygens (including phenoxy) is 2. The minimum atomic E-state index is -0.845. The van der Waals surface area contributed by atoms with Gasteiger partial charge in [0.1, 0.15) is 24.0 Å². The van der Waals surface area contributed by atoms with Crippen molar-refractivity contribution in [3.05, 3.63) is 30.1 Å². The van der Waals surface area contributed by atoms with E-state index in [0.29, 0.717) is 49.6 Å². The number of unbranched alkanes of at least 4 members (excludes halogenated alkanes) is 1. The summed E-state index contributed by atoms with van der Waals surface area (Å²) in [6, 6.07) is 6.22. The molecule has 1 heterocycles. The maximum Gasteiger partial charge on any atom is 0.408 e. The molecule has 44 heavy (non-hydrogen) atoms. The van der Waals surface area contributed by atoms with Gasteiger partial charge >= 0.3 is 6.09 Å². The summed E-state index contributed by atoms with van der Waals surface area (Å²) in [4.78, 5) is 60.6. The van der Waals surface area contributed by atoms with E-state index in [1.54, 1.807) is 52.0 Å². The molecule has 1 aromatic heterocycles. The molecular weight excluding hydrogens is 570 g/mol. The van der Waals surface area contributed by atoms with Crippen LogP contribution in [0.5, 0.6) is 5.75 Å². The van der Waals surface area contributed by atoms with Crippen LogP contribution < -0.4 is 20.7 Å². The Morgan fingerprint density at radius 2 is 1.66 bits per heavy atom. The number of benzene rings is 1. The first-order valence-corrected chi connectivity index (χ1v) is 14.8. The monoisotopic (exact) mass is 611 g/mol. The van der Waals surface area contributed by atoms with Gasteiger partial charge < -0.3 is 25.4 Å². The highest BCUT2D eigenvalue weighted by Gasteiger charge is 2.28. The van der Waals surface area contributed by atoms with Crippen LogP contribution >= 0.6 is 0 Å². The third-order valence-electron chi connectivity index (χ3n) is 6.65. The maximum absolute atomic E-state index is 12.9. The van der Waals surface area contributed by atoms with Crippen LogP contribution in [-0.4, -0.2) is 81.2 Å². The molecule has 3 N–H and O–H groups in total. The standard InChI is InChI=1S/C30H41N7O7/c1-19-34-36-27(37-35-19)21-9-11-22(12-10-21)43-16-15-32-28(41)23(33-29(42)44-30(2,3)4)7-5-6-14-31-26(40)18-20-8-13-24(38)25(39)17-20/h9-12,20,23H,5-8,13-18H2,1-4H3,(H,31,40)(H,32,41)(H,33,42). The fourth-order valence-corrected chi connectivity index (χ4v) is 4.44. The molecule has 0 bridgehead atoms. The Morgan fingerprint density at radius 3 is 2.32 bits per heavy atom. The number of aryl methyl sites for hydroxylation is 1. The maximum atomic E-state index is 12.9. The fraction of sp³-hybridized carbons (Fsp3) is 0.567. The number of carbonyl (C=O) groups excluding carboxylic acids is 5. The zero-order valence-electron chi connectivity index (χ0n) is 25.7. The van der Waals surface area contributed by atoms with Crippen LogP contribution in [0.2, 0.25) is 0 Å². The van der Waals surface area contributed by atoms with Crippen molar-refractivity contribution in [2.24, 2.45) is 5.92 Å². The summed E-state index contributed by atoms with van der Waals surface area (Å²) < 4.78 is 11.0. The Kier molecular flexibility index (Phi) is 12.7. The number of rotatable bonds is 14. The minimum Gasteiger partial charge on any atom is -0.492 e. The van der Waals surface area contributed by atoms with Crippen LogP contribution in [0.3, 0.4) is 0 Å². The molecular formula is C30H41N7O7. The predicted octanol–water partition coefficient (Wildman–Crippen LogP) is 2.25. The van der Waals surface area contributed by atoms with Crippen LogP contribution in [0.1, 0.15) is 71.5 Å². The highest BCUT2D eigenvalue weighted by atomic mass is 16.6. The fourth-order valence-electron chi connectivity index (χ4n) is 4.44. The normalized spacial score (nSPS) is 15.7. The Balaban J connectivity index is 1.41. The van der Waals surface area contributed by atoms with Crippen molar-refractivity contribution in [2.75, 3.05) is 19.7 Å². The van der Waals surface area contributed by atoms with Crippen LogP contribution in [0.25, 0.3) is 11.4 Å². The second-order valence-electron chi connectivity index (χ2n) is 11.6. The van der Waals surface area contributed by atoms with Gasteiger partial charge in [0.2, 0.25) is 17.6 Å². The molecule has 1 aromatic carbocycles. The average molecular weight is 612 g/mol. The van der Waals surface area contributed by atoms with E-state index in [2.05, 4.69) is 36.3 Å². The lowest BCUT2D eigenvalue weighted by atomic mass is 9.85. The average Bonchev–Trinajstić information content (AvgIpc) is 2.96. The van der Waals surface area contributed by atoms with Gasteiger partial charge in [-0.05, 0) is 83.6 Å². The largest absolute Gasteiger partial charge is 0.492 e. The van der Waals surface area contributed by atoms with E-state index in [0.717, 1.165) is 5.56 Å². The van der Waals surface area contributed by atoms with E-state index in [1.807, 2.05) is 0 Å². The SMILES string of the molecule is Cc1nnc(-c2ccc(OCCNC(=O)C(CCCCNC(=O)CC3CCC(=O)C(=O)C3)NC(=O)OC(C)(C)C)cc2)nn1. The van der Waals surface area contributed by atoms with E-state index < -0.39 is 23.5 Å². The number of amides is 3. The molecule has 2 aromatic rings. The first-order valence-electron chi connectivity index (χ1n) is 14.8. The quantitative estimate of drug-likeness (QED) is 0.210. The Morgan fingerprint density at radius 1 is 0.955 bits per heavy atom. The molecule has 0 saturated heterocycles. The number of hydrogen-bond acceptors (Lipinski definition) is 11. The number of hydrogen-bond donors (Lipinski definition) is 3. The molecule has 3 amide bonds. The lowest BCUT2D eigenvalue weighted by Gasteiger charge is -2.23. The van der Waals surface area contributed by atoms with Gasteiger partial charge in [0.15, 0.2) is 17.4 Å². The molecule has 14 heteroatoms. The van der Waals surface area contributed by atoms with Gasteiger partial charge in [-0.25, -0.2) is 4.79 Å². The third-order valence-corrected chi connectivity index (χ3v) is 6.65. The van der Waals surface area contributed by atoms with Gasteiger partial charge in [0.05, 0.1) is 6.54 Å².